The largest absolute Gasteiger partial charge is 0.359 e. The predicted octanol–water partition coefficient (Wildman–Crippen LogP) is 5.02. The number of thiophene rings is 1. The Bertz CT molecular complexity index is 695. The molecule has 1 fully saturated rings. The third kappa shape index (κ3) is 3.29. The van der Waals surface area contributed by atoms with Gasteiger partial charge in [-0.1, -0.05) is 29.8 Å². The Morgan fingerprint density at radius 3 is 3.04 bits per heavy atom. The van der Waals surface area contributed by atoms with Gasteiger partial charge >= 0.3 is 0 Å². The van der Waals surface area contributed by atoms with Crippen LogP contribution in [0.2, 0.25) is 0 Å². The Balaban J connectivity index is 1.42. The van der Waals surface area contributed by atoms with Gasteiger partial charge in [-0.3, -0.25) is 0 Å². The van der Waals surface area contributed by atoms with E-state index in [0.29, 0.717) is 5.92 Å². The lowest BCUT2D eigenvalue weighted by Crippen LogP contribution is -2.46. The summed E-state index contributed by atoms with van der Waals surface area (Å²) in [5, 5.41) is 10.0. The molecule has 3 aliphatic carbocycles. The first-order chi connectivity index (χ1) is 11.1. The highest BCUT2D eigenvalue weighted by atomic mass is 32.1. The van der Waals surface area contributed by atoms with Gasteiger partial charge < -0.3 is 9.84 Å². The average molecular weight is 328 g/mol. The van der Waals surface area contributed by atoms with Crippen LogP contribution in [0.3, 0.4) is 0 Å². The minimum absolute atomic E-state index is 0.183. The Morgan fingerprint density at radius 2 is 2.26 bits per heavy atom. The number of aromatic nitrogens is 1. The van der Waals surface area contributed by atoms with E-state index in [1.807, 2.05) is 6.07 Å². The Morgan fingerprint density at radius 1 is 1.39 bits per heavy atom. The zero-order valence-corrected chi connectivity index (χ0v) is 14.7. The monoisotopic (exact) mass is 328 g/mol. The van der Waals surface area contributed by atoms with Crippen molar-refractivity contribution in [2.24, 2.45) is 11.8 Å². The lowest BCUT2D eigenvalue weighted by Gasteiger charge is -2.43. The summed E-state index contributed by atoms with van der Waals surface area (Å²) in [7, 11) is 0. The minimum atomic E-state index is 0.183. The van der Waals surface area contributed by atoms with Gasteiger partial charge in [-0.05, 0) is 55.9 Å². The average Bonchev–Trinajstić information content (AvgIpc) is 3.11. The molecular formula is C19H24N2OS. The lowest BCUT2D eigenvalue weighted by molar-refractivity contribution is 0.194. The van der Waals surface area contributed by atoms with Gasteiger partial charge in [-0.15, -0.1) is 11.3 Å². The molecule has 122 valence electrons. The summed E-state index contributed by atoms with van der Waals surface area (Å²) in [6.07, 6.45) is 7.58. The second-order valence-corrected chi connectivity index (χ2v) is 8.50. The predicted molar refractivity (Wildman–Crippen MR) is 94.3 cm³/mol. The van der Waals surface area contributed by atoms with Gasteiger partial charge in [-0.25, -0.2) is 0 Å². The number of nitrogens with one attached hydrogen (secondary N) is 1. The van der Waals surface area contributed by atoms with Crippen molar-refractivity contribution in [2.45, 2.75) is 51.6 Å². The van der Waals surface area contributed by atoms with Crippen LogP contribution in [0.25, 0.3) is 10.6 Å². The second kappa shape index (κ2) is 5.91. The van der Waals surface area contributed by atoms with Crippen LogP contribution >= 0.6 is 11.3 Å². The zero-order chi connectivity index (χ0) is 15.9. The van der Waals surface area contributed by atoms with Gasteiger partial charge in [0.05, 0.1) is 11.4 Å². The third-order valence-corrected chi connectivity index (χ3v) is 6.05. The summed E-state index contributed by atoms with van der Waals surface area (Å²) in [6.45, 7) is 5.47. The molecule has 1 N–H and O–H groups in total. The topological polar surface area (TPSA) is 38.1 Å². The van der Waals surface area contributed by atoms with Crippen LogP contribution in [-0.2, 0) is 6.54 Å². The molecule has 3 aliphatic rings. The summed E-state index contributed by atoms with van der Waals surface area (Å²) >= 11 is 1.70. The van der Waals surface area contributed by atoms with Gasteiger partial charge in [-0.2, -0.15) is 0 Å². The fraction of sp³-hybridized carbons (Fsp3) is 0.526. The van der Waals surface area contributed by atoms with E-state index in [9.17, 15) is 0 Å². The summed E-state index contributed by atoms with van der Waals surface area (Å²) in [5.41, 5.74) is 2.81. The fourth-order valence-corrected chi connectivity index (χ4v) is 4.91. The summed E-state index contributed by atoms with van der Waals surface area (Å²) in [5.74, 6) is 2.44. The molecule has 2 aromatic heterocycles. The van der Waals surface area contributed by atoms with Crippen LogP contribution in [0.4, 0.5) is 0 Å². The van der Waals surface area contributed by atoms with Crippen LogP contribution in [0.15, 0.2) is 39.8 Å². The van der Waals surface area contributed by atoms with Gasteiger partial charge in [0.1, 0.15) is 5.69 Å². The van der Waals surface area contributed by atoms with Crippen molar-refractivity contribution >= 4 is 11.3 Å². The van der Waals surface area contributed by atoms with Crippen LogP contribution < -0.4 is 5.32 Å². The second-order valence-electron chi connectivity index (χ2n) is 7.55. The van der Waals surface area contributed by atoms with Crippen molar-refractivity contribution in [3.8, 4) is 10.6 Å². The van der Waals surface area contributed by atoms with Crippen LogP contribution in [0, 0.1) is 11.8 Å². The van der Waals surface area contributed by atoms with Crippen molar-refractivity contribution < 1.29 is 4.52 Å². The molecule has 23 heavy (non-hydrogen) atoms. The molecule has 2 aromatic rings. The SMILES string of the molecule is CC1C=C2CC(C2)CC(C)(NCc2cc(-c3cccs3)no2)C1. The highest BCUT2D eigenvalue weighted by Gasteiger charge is 2.36. The van der Waals surface area contributed by atoms with Crippen molar-refractivity contribution in [1.82, 2.24) is 10.5 Å². The first-order valence-corrected chi connectivity index (χ1v) is 9.42. The highest BCUT2D eigenvalue weighted by molar-refractivity contribution is 7.13. The maximum Gasteiger partial charge on any atom is 0.151 e. The van der Waals surface area contributed by atoms with E-state index in [0.717, 1.165) is 28.8 Å². The third-order valence-electron chi connectivity index (χ3n) is 5.16. The summed E-state index contributed by atoms with van der Waals surface area (Å²) < 4.78 is 5.53. The molecular weight excluding hydrogens is 304 g/mol. The molecule has 0 amide bonds. The number of allylic oxidation sites excluding steroid dienone is 2. The first-order valence-electron chi connectivity index (χ1n) is 8.54. The number of nitrogens with zero attached hydrogens (tertiary/aromatic N) is 1. The Kier molecular flexibility index (Phi) is 3.90. The van der Waals surface area contributed by atoms with Crippen molar-refractivity contribution in [1.29, 1.82) is 0 Å². The molecule has 0 radical (unpaired) electrons. The summed E-state index contributed by atoms with van der Waals surface area (Å²) in [4.78, 5) is 1.16. The molecule has 5 rings (SSSR count). The van der Waals surface area contributed by atoms with E-state index in [1.54, 1.807) is 16.9 Å². The molecule has 0 saturated heterocycles. The highest BCUT2D eigenvalue weighted by Crippen LogP contribution is 2.43. The first kappa shape index (κ1) is 15.2. The molecule has 2 atom stereocenters. The van der Waals surface area contributed by atoms with Crippen molar-refractivity contribution in [2.75, 3.05) is 0 Å². The molecule has 1 saturated carbocycles. The number of rotatable bonds is 4. The maximum absolute atomic E-state index is 5.53. The van der Waals surface area contributed by atoms with Crippen LogP contribution in [0.5, 0.6) is 0 Å². The van der Waals surface area contributed by atoms with Crippen LogP contribution in [-0.4, -0.2) is 10.7 Å². The van der Waals surface area contributed by atoms with E-state index in [2.05, 4.69) is 47.9 Å². The molecule has 0 aliphatic heterocycles. The van der Waals surface area contributed by atoms with Crippen molar-refractivity contribution in [3.63, 3.8) is 0 Å². The molecule has 3 nitrogen and oxygen atoms in total. The van der Waals surface area contributed by atoms with E-state index >= 15 is 0 Å². The van der Waals surface area contributed by atoms with Gasteiger partial charge in [0, 0.05) is 11.6 Å². The van der Waals surface area contributed by atoms with Crippen molar-refractivity contribution in [3.05, 3.63) is 41.0 Å². The molecule has 2 heterocycles. The van der Waals surface area contributed by atoms with Gasteiger partial charge in [0.15, 0.2) is 5.76 Å². The number of hydrogen-bond donors (Lipinski definition) is 1. The Labute approximate surface area is 141 Å². The van der Waals surface area contributed by atoms with E-state index in [-0.39, 0.29) is 5.54 Å². The van der Waals surface area contributed by atoms with Gasteiger partial charge in [0.2, 0.25) is 0 Å². The molecule has 2 bridgehead atoms. The van der Waals surface area contributed by atoms with E-state index < -0.39 is 0 Å². The minimum Gasteiger partial charge on any atom is -0.359 e. The standard InChI is InChI=1S/C19H24N2OS/c1-13-6-14-7-15(8-14)11-19(2,10-13)20-12-16-9-17(21-22-16)18-4-3-5-23-18/h3-6,9,13,15,20H,7-8,10-12H2,1-2H3. The zero-order valence-electron chi connectivity index (χ0n) is 13.8. The lowest BCUT2D eigenvalue weighted by atomic mass is 9.67. The Hall–Kier alpha value is -1.39. The van der Waals surface area contributed by atoms with Crippen LogP contribution in [0.1, 0.15) is 45.3 Å². The molecule has 4 heteroatoms. The van der Waals surface area contributed by atoms with Gasteiger partial charge in [0.25, 0.3) is 0 Å². The molecule has 2 unspecified atom stereocenters. The number of hydrogen-bond acceptors (Lipinski definition) is 4. The normalized spacial score (nSPS) is 30.3. The van der Waals surface area contributed by atoms with E-state index in [1.165, 1.54) is 25.7 Å². The molecule has 0 aromatic carbocycles. The van der Waals surface area contributed by atoms with E-state index in [4.69, 9.17) is 4.52 Å². The smallest absolute Gasteiger partial charge is 0.151 e. The quantitative estimate of drug-likeness (QED) is 0.801. The fourth-order valence-electron chi connectivity index (χ4n) is 4.24. The maximum atomic E-state index is 5.53. The number of fused-ring (bicyclic) bond motifs is 4. The summed E-state index contributed by atoms with van der Waals surface area (Å²) in [6, 6.07) is 6.19. The molecule has 0 spiro atoms.